The van der Waals surface area contributed by atoms with Crippen LogP contribution >= 0.6 is 15.9 Å². The lowest BCUT2D eigenvalue weighted by Gasteiger charge is -2.35. The van der Waals surface area contributed by atoms with Crippen LogP contribution in [0.25, 0.3) is 0 Å². The number of halogens is 1. The molecule has 0 spiro atoms. The van der Waals surface area contributed by atoms with Crippen LogP contribution in [0, 0.1) is 5.92 Å². The van der Waals surface area contributed by atoms with E-state index >= 15 is 0 Å². The molecule has 1 fully saturated rings. The summed E-state index contributed by atoms with van der Waals surface area (Å²) in [4.78, 5) is 2.41. The summed E-state index contributed by atoms with van der Waals surface area (Å²) in [6.45, 7) is 5.57. The summed E-state index contributed by atoms with van der Waals surface area (Å²) in [6.07, 6.45) is 1.22. The monoisotopic (exact) mass is 326 g/mol. The van der Waals surface area contributed by atoms with Crippen LogP contribution in [0.3, 0.4) is 0 Å². The Morgan fingerprint density at radius 1 is 1.47 bits per heavy atom. The number of ether oxygens (including phenoxy) is 1. The van der Waals surface area contributed by atoms with Crippen LogP contribution in [0.1, 0.15) is 18.9 Å². The summed E-state index contributed by atoms with van der Waals surface area (Å²) in [5.74, 6) is 1.61. The second-order valence-corrected chi connectivity index (χ2v) is 6.33. The lowest BCUT2D eigenvalue weighted by molar-refractivity contribution is 0.174. The lowest BCUT2D eigenvalue weighted by Crippen LogP contribution is -2.46. The van der Waals surface area contributed by atoms with Gasteiger partial charge in [-0.15, -0.1) is 0 Å². The molecule has 3 nitrogen and oxygen atoms in total. The second-order valence-electron chi connectivity index (χ2n) is 5.47. The van der Waals surface area contributed by atoms with E-state index in [1.165, 1.54) is 25.1 Å². The molecule has 1 aromatic rings. The largest absolute Gasteiger partial charge is 0.497 e. The summed E-state index contributed by atoms with van der Waals surface area (Å²) in [6, 6.07) is 6.73. The molecule has 0 aliphatic carbocycles. The van der Waals surface area contributed by atoms with Crippen LogP contribution in [0.4, 0.5) is 0 Å². The van der Waals surface area contributed by atoms with Crippen molar-refractivity contribution in [3.8, 4) is 5.75 Å². The van der Waals surface area contributed by atoms with Gasteiger partial charge in [0.05, 0.1) is 7.11 Å². The molecular formula is C15H23BrN2O. The van der Waals surface area contributed by atoms with Crippen molar-refractivity contribution in [2.75, 3.05) is 27.2 Å². The van der Waals surface area contributed by atoms with Gasteiger partial charge in [-0.05, 0) is 49.7 Å². The van der Waals surface area contributed by atoms with Gasteiger partial charge in [-0.1, -0.05) is 22.9 Å². The number of likely N-dealkylation sites (tertiary alicyclic amines) is 1. The number of nitrogens with zero attached hydrogens (tertiary/aromatic N) is 1. The molecule has 0 aromatic heterocycles. The van der Waals surface area contributed by atoms with E-state index in [1.807, 2.05) is 12.1 Å². The molecule has 2 atom stereocenters. The number of rotatable bonds is 4. The van der Waals surface area contributed by atoms with Crippen molar-refractivity contribution in [3.05, 3.63) is 28.2 Å². The Bertz CT molecular complexity index is 425. The smallest absolute Gasteiger partial charge is 0.119 e. The van der Waals surface area contributed by atoms with E-state index in [9.17, 15) is 0 Å². The highest BCUT2D eigenvalue weighted by Crippen LogP contribution is 2.23. The Morgan fingerprint density at radius 3 is 2.95 bits per heavy atom. The molecule has 1 saturated heterocycles. The number of hydrogen-bond acceptors (Lipinski definition) is 3. The highest BCUT2D eigenvalue weighted by Gasteiger charge is 2.23. The van der Waals surface area contributed by atoms with Crippen molar-refractivity contribution >= 4 is 15.9 Å². The quantitative estimate of drug-likeness (QED) is 0.920. The summed E-state index contributed by atoms with van der Waals surface area (Å²) in [5, 5.41) is 3.69. The third-order valence-corrected chi connectivity index (χ3v) is 4.69. The van der Waals surface area contributed by atoms with Crippen LogP contribution in [0.2, 0.25) is 0 Å². The number of nitrogens with one attached hydrogen (secondary N) is 1. The number of benzene rings is 1. The van der Waals surface area contributed by atoms with Gasteiger partial charge in [0.25, 0.3) is 0 Å². The molecule has 19 heavy (non-hydrogen) atoms. The molecule has 106 valence electrons. The molecule has 2 rings (SSSR count). The van der Waals surface area contributed by atoms with Gasteiger partial charge in [-0.2, -0.15) is 0 Å². The minimum Gasteiger partial charge on any atom is -0.497 e. The van der Waals surface area contributed by atoms with Crippen LogP contribution in [-0.4, -0.2) is 38.2 Å². The minimum absolute atomic E-state index is 0.606. The normalized spacial score (nSPS) is 24.4. The van der Waals surface area contributed by atoms with Crippen molar-refractivity contribution in [2.45, 2.75) is 25.9 Å². The molecule has 1 N–H and O–H groups in total. The Labute approximate surface area is 124 Å². The highest BCUT2D eigenvalue weighted by molar-refractivity contribution is 9.10. The van der Waals surface area contributed by atoms with Crippen LogP contribution in [0.15, 0.2) is 22.7 Å². The Morgan fingerprint density at radius 2 is 2.26 bits per heavy atom. The van der Waals surface area contributed by atoms with Crippen molar-refractivity contribution in [1.29, 1.82) is 0 Å². The predicted octanol–water partition coefficient (Wildman–Crippen LogP) is 2.89. The first-order valence-electron chi connectivity index (χ1n) is 6.84. The average molecular weight is 327 g/mol. The standard InChI is InChI=1S/C15H23BrN2O/c1-11-10-18(2)7-6-15(11)17-9-12-8-13(19-3)4-5-14(12)16/h4-5,8,11,15,17H,6-7,9-10H2,1-3H3. The van der Waals surface area contributed by atoms with Gasteiger partial charge in [-0.25, -0.2) is 0 Å². The maximum Gasteiger partial charge on any atom is 0.119 e. The van der Waals surface area contributed by atoms with Gasteiger partial charge in [0.2, 0.25) is 0 Å². The zero-order valence-corrected chi connectivity index (χ0v) is 13.5. The van der Waals surface area contributed by atoms with Gasteiger partial charge >= 0.3 is 0 Å². The second kappa shape index (κ2) is 6.73. The number of piperidine rings is 1. The Balaban J connectivity index is 1.95. The molecule has 1 heterocycles. The molecule has 1 aromatic carbocycles. The summed E-state index contributed by atoms with van der Waals surface area (Å²) in [5.41, 5.74) is 1.26. The van der Waals surface area contributed by atoms with Gasteiger partial charge < -0.3 is 15.0 Å². The molecule has 2 unspecified atom stereocenters. The summed E-state index contributed by atoms with van der Waals surface area (Å²) in [7, 11) is 3.91. The van der Waals surface area contributed by atoms with Gasteiger partial charge in [0.15, 0.2) is 0 Å². The fraction of sp³-hybridized carbons (Fsp3) is 0.600. The zero-order valence-electron chi connectivity index (χ0n) is 11.9. The minimum atomic E-state index is 0.606. The van der Waals surface area contributed by atoms with Crippen LogP contribution in [0.5, 0.6) is 5.75 Å². The maximum absolute atomic E-state index is 5.28. The van der Waals surface area contributed by atoms with Crippen molar-refractivity contribution in [2.24, 2.45) is 5.92 Å². The predicted molar refractivity (Wildman–Crippen MR) is 82.6 cm³/mol. The third kappa shape index (κ3) is 3.94. The first-order chi connectivity index (χ1) is 9.10. The van der Waals surface area contributed by atoms with E-state index in [1.54, 1.807) is 7.11 Å². The van der Waals surface area contributed by atoms with Crippen molar-refractivity contribution < 1.29 is 4.74 Å². The fourth-order valence-corrected chi connectivity index (χ4v) is 3.10. The average Bonchev–Trinajstić information content (AvgIpc) is 2.39. The third-order valence-electron chi connectivity index (χ3n) is 3.92. The Hall–Kier alpha value is -0.580. The molecule has 1 aliphatic heterocycles. The van der Waals surface area contributed by atoms with E-state index in [2.05, 4.69) is 46.2 Å². The molecule has 0 saturated carbocycles. The maximum atomic E-state index is 5.28. The van der Waals surface area contributed by atoms with E-state index < -0.39 is 0 Å². The first-order valence-corrected chi connectivity index (χ1v) is 7.64. The van der Waals surface area contributed by atoms with Crippen molar-refractivity contribution in [3.63, 3.8) is 0 Å². The Kier molecular flexibility index (Phi) is 5.25. The van der Waals surface area contributed by atoms with E-state index in [0.29, 0.717) is 12.0 Å². The number of hydrogen-bond donors (Lipinski definition) is 1. The van der Waals surface area contributed by atoms with Crippen LogP contribution < -0.4 is 10.1 Å². The highest BCUT2D eigenvalue weighted by atomic mass is 79.9. The number of methoxy groups -OCH3 is 1. The van der Waals surface area contributed by atoms with Crippen molar-refractivity contribution in [1.82, 2.24) is 10.2 Å². The summed E-state index contributed by atoms with van der Waals surface area (Å²) < 4.78 is 6.42. The molecule has 0 bridgehead atoms. The van der Waals surface area contributed by atoms with E-state index in [4.69, 9.17) is 4.74 Å². The molecule has 4 heteroatoms. The SMILES string of the molecule is COc1ccc(Br)c(CNC2CCN(C)CC2C)c1. The topological polar surface area (TPSA) is 24.5 Å². The lowest BCUT2D eigenvalue weighted by atomic mass is 9.94. The molecule has 1 aliphatic rings. The van der Waals surface area contributed by atoms with E-state index in [0.717, 1.165) is 16.8 Å². The van der Waals surface area contributed by atoms with E-state index in [-0.39, 0.29) is 0 Å². The zero-order chi connectivity index (χ0) is 13.8. The van der Waals surface area contributed by atoms with Crippen LogP contribution in [-0.2, 0) is 6.54 Å². The first kappa shape index (κ1) is 14.8. The summed E-state index contributed by atoms with van der Waals surface area (Å²) >= 11 is 3.61. The van der Waals surface area contributed by atoms with Gasteiger partial charge in [0.1, 0.15) is 5.75 Å². The van der Waals surface area contributed by atoms with Gasteiger partial charge in [-0.3, -0.25) is 0 Å². The molecular weight excluding hydrogens is 304 g/mol. The molecule has 0 amide bonds. The molecule has 0 radical (unpaired) electrons. The fourth-order valence-electron chi connectivity index (χ4n) is 2.71. The van der Waals surface area contributed by atoms with Gasteiger partial charge in [0, 0.05) is 23.6 Å².